The Morgan fingerprint density at radius 2 is 2.12 bits per heavy atom. The van der Waals surface area contributed by atoms with Crippen molar-refractivity contribution < 1.29 is 14.3 Å². The number of ether oxygens (including phenoxy) is 2. The summed E-state index contributed by atoms with van der Waals surface area (Å²) in [5.41, 5.74) is 7.58. The lowest BCUT2D eigenvalue weighted by Gasteiger charge is -2.26. The van der Waals surface area contributed by atoms with Gasteiger partial charge in [-0.15, -0.1) is 11.8 Å². The summed E-state index contributed by atoms with van der Waals surface area (Å²) >= 11 is 1.92. The molecule has 0 bridgehead atoms. The van der Waals surface area contributed by atoms with Gasteiger partial charge in [-0.2, -0.15) is 0 Å². The van der Waals surface area contributed by atoms with Gasteiger partial charge < -0.3 is 20.5 Å². The van der Waals surface area contributed by atoms with Gasteiger partial charge in [-0.1, -0.05) is 24.3 Å². The predicted molar refractivity (Wildman–Crippen MR) is 99.0 cm³/mol. The number of benzene rings is 2. The summed E-state index contributed by atoms with van der Waals surface area (Å²) in [5, 5.41) is 3.63. The maximum Gasteiger partial charge on any atom is 0.255 e. The first-order chi connectivity index (χ1) is 12.2. The van der Waals surface area contributed by atoms with Crippen molar-refractivity contribution in [2.24, 2.45) is 5.73 Å². The van der Waals surface area contributed by atoms with Gasteiger partial charge in [0.25, 0.3) is 5.91 Å². The van der Waals surface area contributed by atoms with E-state index in [1.54, 1.807) is 7.11 Å². The number of rotatable bonds is 7. The van der Waals surface area contributed by atoms with Gasteiger partial charge in [0.05, 0.1) is 7.11 Å². The molecular formula is C19H22N2O3S. The molecule has 0 aromatic heterocycles. The lowest BCUT2D eigenvalue weighted by atomic mass is 10.0. The number of methoxy groups -OCH3 is 1. The normalized spacial score (nSPS) is 16.1. The van der Waals surface area contributed by atoms with E-state index in [2.05, 4.69) is 29.6 Å². The Balaban J connectivity index is 1.67. The Hall–Kier alpha value is -2.18. The van der Waals surface area contributed by atoms with Crippen molar-refractivity contribution in [3.8, 4) is 11.5 Å². The molecule has 1 heterocycles. The van der Waals surface area contributed by atoms with E-state index in [-0.39, 0.29) is 6.61 Å². The summed E-state index contributed by atoms with van der Waals surface area (Å²) < 4.78 is 10.7. The predicted octanol–water partition coefficient (Wildman–Crippen LogP) is 2.89. The Bertz CT molecular complexity index is 751. The van der Waals surface area contributed by atoms with E-state index < -0.39 is 5.91 Å². The van der Waals surface area contributed by atoms with Crippen LogP contribution in [0.15, 0.2) is 47.4 Å². The number of fused-ring (bicyclic) bond motifs is 1. The summed E-state index contributed by atoms with van der Waals surface area (Å²) in [5.74, 6) is 1.73. The Labute approximate surface area is 151 Å². The van der Waals surface area contributed by atoms with Crippen molar-refractivity contribution in [3.05, 3.63) is 53.6 Å². The number of carbonyl (C=O) groups excluding carboxylic acids is 1. The minimum Gasteiger partial charge on any atom is -0.493 e. The molecule has 1 aliphatic rings. The molecule has 2 aromatic rings. The van der Waals surface area contributed by atoms with E-state index in [0.29, 0.717) is 17.5 Å². The van der Waals surface area contributed by atoms with E-state index in [9.17, 15) is 4.79 Å². The van der Waals surface area contributed by atoms with Crippen LogP contribution in [0.2, 0.25) is 0 Å². The van der Waals surface area contributed by atoms with Crippen LogP contribution < -0.4 is 20.5 Å². The van der Waals surface area contributed by atoms with Gasteiger partial charge in [-0.05, 0) is 41.5 Å². The summed E-state index contributed by atoms with van der Waals surface area (Å²) in [6.45, 7) is 0.570. The lowest BCUT2D eigenvalue weighted by Crippen LogP contribution is -2.24. The minimum absolute atomic E-state index is 0.162. The molecular weight excluding hydrogens is 336 g/mol. The molecule has 1 aliphatic heterocycles. The standard InChI is InChI=1S/C19H22N2O3S/c1-23-17-10-13(6-7-16(17)24-12-19(20)22)11-21-15-8-9-25-18-5-3-2-4-14(15)18/h2-7,10,15,21H,8-9,11-12H2,1H3,(H2,20,22). The third kappa shape index (κ3) is 4.46. The second kappa shape index (κ2) is 8.27. The van der Waals surface area contributed by atoms with Crippen LogP contribution in [-0.2, 0) is 11.3 Å². The zero-order valence-electron chi connectivity index (χ0n) is 14.2. The first-order valence-corrected chi connectivity index (χ1v) is 9.19. The van der Waals surface area contributed by atoms with Crippen LogP contribution in [0.3, 0.4) is 0 Å². The maximum atomic E-state index is 10.9. The molecule has 2 aromatic carbocycles. The summed E-state index contributed by atoms with van der Waals surface area (Å²) in [4.78, 5) is 12.2. The fourth-order valence-corrected chi connectivity index (χ4v) is 4.01. The van der Waals surface area contributed by atoms with Crippen LogP contribution in [0.4, 0.5) is 0 Å². The maximum absolute atomic E-state index is 10.9. The molecule has 1 unspecified atom stereocenters. The number of hydrogen-bond donors (Lipinski definition) is 2. The summed E-state index contributed by atoms with van der Waals surface area (Å²) in [6.07, 6.45) is 1.11. The number of hydrogen-bond acceptors (Lipinski definition) is 5. The van der Waals surface area contributed by atoms with E-state index in [1.165, 1.54) is 10.5 Å². The lowest BCUT2D eigenvalue weighted by molar-refractivity contribution is -0.119. The average molecular weight is 358 g/mol. The molecule has 0 saturated heterocycles. The highest BCUT2D eigenvalue weighted by Crippen LogP contribution is 2.36. The van der Waals surface area contributed by atoms with Gasteiger partial charge >= 0.3 is 0 Å². The van der Waals surface area contributed by atoms with Crippen molar-refractivity contribution in [2.75, 3.05) is 19.5 Å². The molecule has 0 fully saturated rings. The number of primary amides is 1. The fourth-order valence-electron chi connectivity index (χ4n) is 2.89. The number of amides is 1. The molecule has 1 atom stereocenters. The molecule has 0 spiro atoms. The third-order valence-electron chi connectivity index (χ3n) is 4.11. The van der Waals surface area contributed by atoms with E-state index in [1.807, 2.05) is 30.0 Å². The van der Waals surface area contributed by atoms with Crippen LogP contribution in [0.25, 0.3) is 0 Å². The Kier molecular flexibility index (Phi) is 5.83. The highest BCUT2D eigenvalue weighted by molar-refractivity contribution is 7.99. The van der Waals surface area contributed by atoms with Crippen molar-refractivity contribution in [1.29, 1.82) is 0 Å². The van der Waals surface area contributed by atoms with Crippen LogP contribution >= 0.6 is 11.8 Å². The van der Waals surface area contributed by atoms with Gasteiger partial charge in [-0.3, -0.25) is 4.79 Å². The molecule has 132 valence electrons. The molecule has 3 N–H and O–H groups in total. The molecule has 0 saturated carbocycles. The molecule has 0 radical (unpaired) electrons. The van der Waals surface area contributed by atoms with Crippen molar-refractivity contribution in [1.82, 2.24) is 5.32 Å². The molecule has 3 rings (SSSR count). The summed E-state index contributed by atoms with van der Waals surface area (Å²) in [6, 6.07) is 14.6. The second-order valence-electron chi connectivity index (χ2n) is 5.85. The monoisotopic (exact) mass is 358 g/mol. The molecule has 1 amide bonds. The highest BCUT2D eigenvalue weighted by Gasteiger charge is 2.19. The van der Waals surface area contributed by atoms with Crippen LogP contribution in [-0.4, -0.2) is 25.4 Å². The van der Waals surface area contributed by atoms with Gasteiger partial charge in [0, 0.05) is 17.5 Å². The second-order valence-corrected chi connectivity index (χ2v) is 6.99. The van der Waals surface area contributed by atoms with E-state index in [4.69, 9.17) is 15.2 Å². The Morgan fingerprint density at radius 1 is 1.28 bits per heavy atom. The smallest absolute Gasteiger partial charge is 0.255 e. The van der Waals surface area contributed by atoms with Crippen molar-refractivity contribution >= 4 is 17.7 Å². The third-order valence-corrected chi connectivity index (χ3v) is 5.23. The minimum atomic E-state index is -0.512. The topological polar surface area (TPSA) is 73.6 Å². The van der Waals surface area contributed by atoms with E-state index >= 15 is 0 Å². The fraction of sp³-hybridized carbons (Fsp3) is 0.316. The van der Waals surface area contributed by atoms with Crippen LogP contribution in [0, 0.1) is 0 Å². The van der Waals surface area contributed by atoms with Crippen LogP contribution in [0.1, 0.15) is 23.6 Å². The van der Waals surface area contributed by atoms with E-state index in [0.717, 1.165) is 24.3 Å². The van der Waals surface area contributed by atoms with Crippen LogP contribution in [0.5, 0.6) is 11.5 Å². The highest BCUT2D eigenvalue weighted by atomic mass is 32.2. The van der Waals surface area contributed by atoms with Crippen molar-refractivity contribution in [2.45, 2.75) is 23.9 Å². The Morgan fingerprint density at radius 3 is 2.92 bits per heavy atom. The van der Waals surface area contributed by atoms with Crippen molar-refractivity contribution in [3.63, 3.8) is 0 Å². The van der Waals surface area contributed by atoms with Gasteiger partial charge in [0.1, 0.15) is 0 Å². The largest absolute Gasteiger partial charge is 0.493 e. The number of nitrogens with one attached hydrogen (secondary N) is 1. The first-order valence-electron chi connectivity index (χ1n) is 8.20. The quantitative estimate of drug-likeness (QED) is 0.796. The molecule has 25 heavy (non-hydrogen) atoms. The zero-order valence-corrected chi connectivity index (χ0v) is 15.0. The average Bonchev–Trinajstić information content (AvgIpc) is 2.64. The molecule has 0 aliphatic carbocycles. The van der Waals surface area contributed by atoms with Gasteiger partial charge in [-0.25, -0.2) is 0 Å². The van der Waals surface area contributed by atoms with Gasteiger partial charge in [0.15, 0.2) is 18.1 Å². The summed E-state index contributed by atoms with van der Waals surface area (Å²) in [7, 11) is 1.58. The number of thioether (sulfide) groups is 1. The SMILES string of the molecule is COc1cc(CNC2CCSc3ccccc32)ccc1OCC(N)=O. The van der Waals surface area contributed by atoms with Gasteiger partial charge in [0.2, 0.25) is 0 Å². The molecule has 6 heteroatoms. The number of carbonyl (C=O) groups is 1. The zero-order chi connectivity index (χ0) is 17.6. The first kappa shape index (κ1) is 17.6. The molecule has 5 nitrogen and oxygen atoms in total. The number of nitrogens with two attached hydrogens (primary N) is 1.